The molecule has 0 aromatic rings. The van der Waals surface area contributed by atoms with Crippen LogP contribution in [0, 0.1) is 16.7 Å². The van der Waals surface area contributed by atoms with Crippen molar-refractivity contribution in [2.45, 2.75) is 27.2 Å². The Morgan fingerprint density at radius 2 is 2.22 bits per heavy atom. The Balaban J connectivity index is 4.14. The van der Waals surface area contributed by atoms with E-state index < -0.39 is 0 Å². The second kappa shape index (κ2) is 3.29. The van der Waals surface area contributed by atoms with Gasteiger partial charge in [0, 0.05) is 0 Å². The summed E-state index contributed by atoms with van der Waals surface area (Å²) in [6.45, 7) is 5.89. The van der Waals surface area contributed by atoms with Crippen molar-refractivity contribution >= 4 is 0 Å². The zero-order chi connectivity index (χ0) is 7.33. The van der Waals surface area contributed by atoms with E-state index in [2.05, 4.69) is 6.07 Å². The number of nitriles is 1. The normalized spacial score (nSPS) is 17.1. The van der Waals surface area contributed by atoms with E-state index in [1.54, 1.807) is 0 Å². The summed E-state index contributed by atoms with van der Waals surface area (Å²) in [5, 5.41) is 8.62. The lowest BCUT2D eigenvalue weighted by Gasteiger charge is -2.11. The third kappa shape index (κ3) is 2.32. The molecule has 0 aromatic heterocycles. The standard InChI is InChI=1S/C8H13N/c1-4-6-8(3,5-2)7-9/h4,6H,5H2,1-3H3. The SMILES string of the molecule is CC=CC(C)(C#N)CC. The predicted octanol–water partition coefficient (Wildman–Crippen LogP) is 2.50. The van der Waals surface area contributed by atoms with E-state index in [0.717, 1.165) is 6.42 Å². The maximum absolute atomic E-state index is 8.62. The van der Waals surface area contributed by atoms with Crippen molar-refractivity contribution in [3.05, 3.63) is 12.2 Å². The summed E-state index contributed by atoms with van der Waals surface area (Å²) in [5.74, 6) is 0. The summed E-state index contributed by atoms with van der Waals surface area (Å²) in [4.78, 5) is 0. The summed E-state index contributed by atoms with van der Waals surface area (Å²) in [6, 6.07) is 2.24. The van der Waals surface area contributed by atoms with Crippen LogP contribution in [0.2, 0.25) is 0 Å². The fraction of sp³-hybridized carbons (Fsp3) is 0.625. The van der Waals surface area contributed by atoms with Gasteiger partial charge in [0.1, 0.15) is 0 Å². The van der Waals surface area contributed by atoms with Gasteiger partial charge in [0.15, 0.2) is 0 Å². The molecule has 1 unspecified atom stereocenters. The highest BCUT2D eigenvalue weighted by molar-refractivity contribution is 5.08. The van der Waals surface area contributed by atoms with Gasteiger partial charge in [-0.1, -0.05) is 19.1 Å². The number of rotatable bonds is 2. The molecule has 0 aliphatic rings. The zero-order valence-corrected chi connectivity index (χ0v) is 6.31. The van der Waals surface area contributed by atoms with Crippen LogP contribution in [-0.2, 0) is 0 Å². The van der Waals surface area contributed by atoms with E-state index in [0.29, 0.717) is 0 Å². The molecular formula is C8H13N. The van der Waals surface area contributed by atoms with E-state index in [4.69, 9.17) is 5.26 Å². The Morgan fingerprint density at radius 1 is 1.67 bits per heavy atom. The fourth-order valence-electron chi connectivity index (χ4n) is 0.602. The monoisotopic (exact) mass is 123 g/mol. The summed E-state index contributed by atoms with van der Waals surface area (Å²) < 4.78 is 0. The molecule has 1 atom stereocenters. The van der Waals surface area contributed by atoms with E-state index in [1.807, 2.05) is 32.9 Å². The van der Waals surface area contributed by atoms with Crippen LogP contribution in [0.1, 0.15) is 27.2 Å². The van der Waals surface area contributed by atoms with Crippen LogP contribution in [-0.4, -0.2) is 0 Å². The summed E-state index contributed by atoms with van der Waals surface area (Å²) in [6.07, 6.45) is 4.74. The van der Waals surface area contributed by atoms with Gasteiger partial charge < -0.3 is 0 Å². The van der Waals surface area contributed by atoms with Crippen molar-refractivity contribution in [2.24, 2.45) is 5.41 Å². The first-order chi connectivity index (χ1) is 4.18. The Kier molecular flexibility index (Phi) is 3.01. The first-order valence-electron chi connectivity index (χ1n) is 3.23. The molecule has 0 aromatic carbocycles. The van der Waals surface area contributed by atoms with Gasteiger partial charge in [0.2, 0.25) is 0 Å². The zero-order valence-electron chi connectivity index (χ0n) is 6.31. The van der Waals surface area contributed by atoms with Crippen LogP contribution in [0.15, 0.2) is 12.2 Å². The van der Waals surface area contributed by atoms with Crippen LogP contribution in [0.25, 0.3) is 0 Å². The molecule has 0 amide bonds. The predicted molar refractivity (Wildman–Crippen MR) is 38.8 cm³/mol. The maximum atomic E-state index is 8.62. The molecule has 0 N–H and O–H groups in total. The fourth-order valence-corrected chi connectivity index (χ4v) is 0.602. The lowest BCUT2D eigenvalue weighted by Crippen LogP contribution is -2.06. The minimum atomic E-state index is -0.241. The van der Waals surface area contributed by atoms with Crippen molar-refractivity contribution in [3.8, 4) is 6.07 Å². The minimum absolute atomic E-state index is 0.241. The Morgan fingerprint density at radius 3 is 2.33 bits per heavy atom. The smallest absolute Gasteiger partial charge is 0.0728 e. The lowest BCUT2D eigenvalue weighted by atomic mass is 9.89. The van der Waals surface area contributed by atoms with Gasteiger partial charge in [0.05, 0.1) is 11.5 Å². The van der Waals surface area contributed by atoms with Gasteiger partial charge in [-0.25, -0.2) is 0 Å². The Bertz CT molecular complexity index is 141. The lowest BCUT2D eigenvalue weighted by molar-refractivity contribution is 0.545. The largest absolute Gasteiger partial charge is 0.197 e. The molecule has 0 heterocycles. The molecular weight excluding hydrogens is 110 g/mol. The first-order valence-corrected chi connectivity index (χ1v) is 3.23. The molecule has 50 valence electrons. The molecule has 1 nitrogen and oxygen atoms in total. The van der Waals surface area contributed by atoms with E-state index in [1.165, 1.54) is 0 Å². The van der Waals surface area contributed by atoms with Crippen LogP contribution in [0.5, 0.6) is 0 Å². The first kappa shape index (κ1) is 8.23. The Hall–Kier alpha value is -0.770. The highest BCUT2D eigenvalue weighted by atomic mass is 14.3. The van der Waals surface area contributed by atoms with Crippen LogP contribution in [0.3, 0.4) is 0 Å². The van der Waals surface area contributed by atoms with Crippen molar-refractivity contribution in [2.75, 3.05) is 0 Å². The second-order valence-electron chi connectivity index (χ2n) is 2.38. The van der Waals surface area contributed by atoms with E-state index in [9.17, 15) is 0 Å². The highest BCUT2D eigenvalue weighted by Crippen LogP contribution is 2.20. The molecule has 0 radical (unpaired) electrons. The number of allylic oxidation sites excluding steroid dienone is 2. The summed E-state index contributed by atoms with van der Waals surface area (Å²) in [7, 11) is 0. The van der Waals surface area contributed by atoms with Crippen LogP contribution in [0.4, 0.5) is 0 Å². The average molecular weight is 123 g/mol. The molecule has 0 aliphatic heterocycles. The van der Waals surface area contributed by atoms with Crippen molar-refractivity contribution in [1.82, 2.24) is 0 Å². The van der Waals surface area contributed by atoms with Gasteiger partial charge in [-0.2, -0.15) is 5.26 Å². The van der Waals surface area contributed by atoms with E-state index >= 15 is 0 Å². The van der Waals surface area contributed by atoms with Gasteiger partial charge in [-0.15, -0.1) is 0 Å². The highest BCUT2D eigenvalue weighted by Gasteiger charge is 2.15. The van der Waals surface area contributed by atoms with Crippen LogP contribution >= 0.6 is 0 Å². The summed E-state index contributed by atoms with van der Waals surface area (Å²) >= 11 is 0. The minimum Gasteiger partial charge on any atom is -0.197 e. The molecule has 0 spiro atoms. The van der Waals surface area contributed by atoms with Gasteiger partial charge in [0.25, 0.3) is 0 Å². The van der Waals surface area contributed by atoms with Crippen molar-refractivity contribution in [1.29, 1.82) is 5.26 Å². The van der Waals surface area contributed by atoms with Crippen molar-refractivity contribution in [3.63, 3.8) is 0 Å². The maximum Gasteiger partial charge on any atom is 0.0728 e. The number of hydrogen-bond acceptors (Lipinski definition) is 1. The topological polar surface area (TPSA) is 23.8 Å². The second-order valence-corrected chi connectivity index (χ2v) is 2.38. The Labute approximate surface area is 57.0 Å². The van der Waals surface area contributed by atoms with Crippen LogP contribution < -0.4 is 0 Å². The van der Waals surface area contributed by atoms with Gasteiger partial charge in [-0.3, -0.25) is 0 Å². The molecule has 0 aliphatic carbocycles. The molecule has 0 bridgehead atoms. The van der Waals surface area contributed by atoms with Crippen molar-refractivity contribution < 1.29 is 0 Å². The quantitative estimate of drug-likeness (QED) is 0.517. The number of hydrogen-bond donors (Lipinski definition) is 0. The molecule has 0 saturated heterocycles. The molecule has 0 fully saturated rings. The van der Waals surface area contributed by atoms with E-state index in [-0.39, 0.29) is 5.41 Å². The number of nitrogens with zero attached hydrogens (tertiary/aromatic N) is 1. The molecule has 0 saturated carbocycles. The van der Waals surface area contributed by atoms with Gasteiger partial charge >= 0.3 is 0 Å². The average Bonchev–Trinajstić information content (AvgIpc) is 1.89. The molecule has 1 heteroatoms. The molecule has 9 heavy (non-hydrogen) atoms. The van der Waals surface area contributed by atoms with Gasteiger partial charge in [-0.05, 0) is 20.3 Å². The third-order valence-corrected chi connectivity index (χ3v) is 1.52. The molecule has 0 rings (SSSR count). The summed E-state index contributed by atoms with van der Waals surface area (Å²) in [5.41, 5.74) is -0.241. The third-order valence-electron chi connectivity index (χ3n) is 1.52.